The van der Waals surface area contributed by atoms with E-state index in [1.165, 1.54) is 4.90 Å². The molecule has 2 N–H and O–H groups in total. The molecule has 0 saturated carbocycles. The van der Waals surface area contributed by atoms with E-state index in [2.05, 4.69) is 10.6 Å². The summed E-state index contributed by atoms with van der Waals surface area (Å²) in [6.45, 7) is 9.74. The van der Waals surface area contributed by atoms with Gasteiger partial charge in [-0.1, -0.05) is 45.4 Å². The number of aryl methyl sites for hydroxylation is 1. The highest BCUT2D eigenvalue weighted by Crippen LogP contribution is 2.17. The van der Waals surface area contributed by atoms with E-state index in [-0.39, 0.29) is 30.8 Å². The second kappa shape index (κ2) is 9.20. The van der Waals surface area contributed by atoms with E-state index in [9.17, 15) is 14.4 Å². The molecular weight excluding hydrogens is 318 g/mol. The Balaban J connectivity index is 2.50. The minimum atomic E-state index is -0.543. The molecule has 6 heteroatoms. The van der Waals surface area contributed by atoms with Gasteiger partial charge in [-0.15, -0.1) is 0 Å². The molecule has 0 heterocycles. The van der Waals surface area contributed by atoms with E-state index < -0.39 is 5.41 Å². The number of rotatable bonds is 7. The molecule has 138 valence electrons. The van der Waals surface area contributed by atoms with Crippen LogP contribution in [-0.4, -0.2) is 42.3 Å². The summed E-state index contributed by atoms with van der Waals surface area (Å²) in [5, 5.41) is 5.28. The van der Waals surface area contributed by atoms with Crippen molar-refractivity contribution in [2.45, 2.75) is 41.0 Å². The fraction of sp³-hybridized carbons (Fsp3) is 0.526. The lowest BCUT2D eigenvalue weighted by Gasteiger charge is -2.28. The standard InChI is InChI=1S/C19H29N3O3/c1-6-11-22(18(25)19(3,4)5)13-17(24)20-12-16(23)21-15-9-7-14(2)8-10-15/h7-10H,6,11-13H2,1-5H3,(H,20,24)(H,21,23). The van der Waals surface area contributed by atoms with Gasteiger partial charge in [0, 0.05) is 17.6 Å². The first kappa shape index (κ1) is 20.7. The average Bonchev–Trinajstić information content (AvgIpc) is 2.53. The van der Waals surface area contributed by atoms with Crippen molar-refractivity contribution in [3.63, 3.8) is 0 Å². The molecule has 0 aliphatic carbocycles. The summed E-state index contributed by atoms with van der Waals surface area (Å²) in [4.78, 5) is 37.9. The summed E-state index contributed by atoms with van der Waals surface area (Å²) in [6.07, 6.45) is 0.767. The number of nitrogens with zero attached hydrogens (tertiary/aromatic N) is 1. The van der Waals surface area contributed by atoms with Crippen LogP contribution >= 0.6 is 0 Å². The van der Waals surface area contributed by atoms with Gasteiger partial charge in [-0.2, -0.15) is 0 Å². The number of carbonyl (C=O) groups excluding carboxylic acids is 3. The Kier molecular flexibility index (Phi) is 7.61. The quantitative estimate of drug-likeness (QED) is 0.794. The normalized spacial score (nSPS) is 10.9. The molecule has 0 radical (unpaired) electrons. The van der Waals surface area contributed by atoms with E-state index >= 15 is 0 Å². The molecule has 1 aromatic carbocycles. The molecule has 0 aliphatic heterocycles. The van der Waals surface area contributed by atoms with Gasteiger partial charge >= 0.3 is 0 Å². The number of hydrogen-bond donors (Lipinski definition) is 2. The molecule has 0 spiro atoms. The van der Waals surface area contributed by atoms with Gasteiger partial charge in [0.2, 0.25) is 17.7 Å². The molecule has 0 saturated heterocycles. The van der Waals surface area contributed by atoms with Crippen LogP contribution in [0.15, 0.2) is 24.3 Å². The second-order valence-electron chi connectivity index (χ2n) is 7.17. The number of anilines is 1. The van der Waals surface area contributed by atoms with E-state index in [0.717, 1.165) is 12.0 Å². The van der Waals surface area contributed by atoms with Crippen molar-refractivity contribution in [1.82, 2.24) is 10.2 Å². The first-order valence-electron chi connectivity index (χ1n) is 8.56. The van der Waals surface area contributed by atoms with Gasteiger partial charge in [0.1, 0.15) is 0 Å². The van der Waals surface area contributed by atoms with Crippen molar-refractivity contribution < 1.29 is 14.4 Å². The molecular formula is C19H29N3O3. The third kappa shape index (κ3) is 7.37. The maximum absolute atomic E-state index is 12.4. The summed E-state index contributed by atoms with van der Waals surface area (Å²) < 4.78 is 0. The van der Waals surface area contributed by atoms with Gasteiger partial charge < -0.3 is 15.5 Å². The number of amides is 3. The largest absolute Gasteiger partial charge is 0.345 e. The summed E-state index contributed by atoms with van der Waals surface area (Å²) >= 11 is 0. The van der Waals surface area contributed by atoms with Crippen LogP contribution in [0.3, 0.4) is 0 Å². The van der Waals surface area contributed by atoms with Crippen LogP contribution in [0.1, 0.15) is 39.7 Å². The van der Waals surface area contributed by atoms with Crippen molar-refractivity contribution in [1.29, 1.82) is 0 Å². The van der Waals surface area contributed by atoms with Crippen LogP contribution < -0.4 is 10.6 Å². The number of benzene rings is 1. The highest BCUT2D eigenvalue weighted by molar-refractivity contribution is 5.95. The van der Waals surface area contributed by atoms with Gasteiger partial charge in [0.05, 0.1) is 13.1 Å². The van der Waals surface area contributed by atoms with Crippen LogP contribution in [0.2, 0.25) is 0 Å². The Morgan fingerprint density at radius 2 is 1.64 bits per heavy atom. The molecule has 6 nitrogen and oxygen atoms in total. The first-order valence-corrected chi connectivity index (χ1v) is 8.56. The Morgan fingerprint density at radius 3 is 2.16 bits per heavy atom. The van der Waals surface area contributed by atoms with Crippen molar-refractivity contribution in [3.05, 3.63) is 29.8 Å². The Morgan fingerprint density at radius 1 is 1.04 bits per heavy atom. The summed E-state index contributed by atoms with van der Waals surface area (Å²) in [6, 6.07) is 7.41. The number of carbonyl (C=O) groups is 3. The highest BCUT2D eigenvalue weighted by Gasteiger charge is 2.28. The van der Waals surface area contributed by atoms with Gasteiger partial charge in [-0.05, 0) is 25.5 Å². The molecule has 0 atom stereocenters. The predicted molar refractivity (Wildman–Crippen MR) is 99.1 cm³/mol. The smallest absolute Gasteiger partial charge is 0.243 e. The third-order valence-electron chi connectivity index (χ3n) is 3.54. The zero-order valence-electron chi connectivity index (χ0n) is 15.8. The minimum absolute atomic E-state index is 0.0399. The molecule has 25 heavy (non-hydrogen) atoms. The van der Waals surface area contributed by atoms with Crippen LogP contribution in [0, 0.1) is 12.3 Å². The average molecular weight is 347 g/mol. The molecule has 0 unspecified atom stereocenters. The number of nitrogens with one attached hydrogen (secondary N) is 2. The summed E-state index contributed by atoms with van der Waals surface area (Å²) in [7, 11) is 0. The van der Waals surface area contributed by atoms with Crippen LogP contribution in [-0.2, 0) is 14.4 Å². The zero-order valence-corrected chi connectivity index (χ0v) is 15.8. The lowest BCUT2D eigenvalue weighted by atomic mass is 9.94. The topological polar surface area (TPSA) is 78.5 Å². The Labute approximate surface area is 150 Å². The molecule has 1 rings (SSSR count). The zero-order chi connectivity index (χ0) is 19.0. The van der Waals surface area contributed by atoms with Crippen molar-refractivity contribution >= 4 is 23.4 Å². The summed E-state index contributed by atoms with van der Waals surface area (Å²) in [5.74, 6) is -0.722. The van der Waals surface area contributed by atoms with Gasteiger partial charge in [0.25, 0.3) is 0 Å². The highest BCUT2D eigenvalue weighted by atomic mass is 16.2. The fourth-order valence-electron chi connectivity index (χ4n) is 2.25. The fourth-order valence-corrected chi connectivity index (χ4v) is 2.25. The van der Waals surface area contributed by atoms with Crippen molar-refractivity contribution in [2.24, 2.45) is 5.41 Å². The maximum Gasteiger partial charge on any atom is 0.243 e. The van der Waals surface area contributed by atoms with Crippen LogP contribution in [0.25, 0.3) is 0 Å². The van der Waals surface area contributed by atoms with Gasteiger partial charge in [-0.25, -0.2) is 0 Å². The maximum atomic E-state index is 12.4. The molecule has 0 aliphatic rings. The SMILES string of the molecule is CCCN(CC(=O)NCC(=O)Nc1ccc(C)cc1)C(=O)C(C)(C)C. The molecule has 3 amide bonds. The monoisotopic (exact) mass is 347 g/mol. The molecule has 0 bridgehead atoms. The number of hydrogen-bond acceptors (Lipinski definition) is 3. The van der Waals surface area contributed by atoms with E-state index in [1.54, 1.807) is 12.1 Å². The Hall–Kier alpha value is -2.37. The van der Waals surface area contributed by atoms with E-state index in [1.807, 2.05) is 46.8 Å². The van der Waals surface area contributed by atoms with Crippen molar-refractivity contribution in [3.8, 4) is 0 Å². The minimum Gasteiger partial charge on any atom is -0.345 e. The molecule has 0 fully saturated rings. The summed E-state index contributed by atoms with van der Waals surface area (Å²) in [5.41, 5.74) is 1.24. The van der Waals surface area contributed by atoms with E-state index in [0.29, 0.717) is 12.2 Å². The van der Waals surface area contributed by atoms with Gasteiger partial charge in [-0.3, -0.25) is 14.4 Å². The van der Waals surface area contributed by atoms with Gasteiger partial charge in [0.15, 0.2) is 0 Å². The first-order chi connectivity index (χ1) is 11.6. The third-order valence-corrected chi connectivity index (χ3v) is 3.54. The van der Waals surface area contributed by atoms with Crippen molar-refractivity contribution in [2.75, 3.05) is 25.0 Å². The lowest BCUT2D eigenvalue weighted by Crippen LogP contribution is -2.46. The predicted octanol–water partition coefficient (Wildman–Crippen LogP) is 2.33. The second-order valence-corrected chi connectivity index (χ2v) is 7.17. The molecule has 0 aromatic heterocycles. The van der Waals surface area contributed by atoms with Crippen LogP contribution in [0.4, 0.5) is 5.69 Å². The Bertz CT molecular complexity index is 603. The van der Waals surface area contributed by atoms with Crippen LogP contribution in [0.5, 0.6) is 0 Å². The van der Waals surface area contributed by atoms with E-state index in [4.69, 9.17) is 0 Å². The molecule has 1 aromatic rings. The lowest BCUT2D eigenvalue weighted by molar-refractivity contribution is -0.142.